The van der Waals surface area contributed by atoms with Crippen LogP contribution in [0, 0.1) is 5.92 Å². The lowest BCUT2D eigenvalue weighted by Crippen LogP contribution is -2.42. The molecule has 6 heterocycles. The Kier molecular flexibility index (Phi) is 6.57. The molecule has 0 radical (unpaired) electrons. The second-order valence-electron chi connectivity index (χ2n) is 10.6. The maximum absolute atomic E-state index is 12.6. The number of hydrogen-bond donors (Lipinski definition) is 4. The van der Waals surface area contributed by atoms with Crippen molar-refractivity contribution >= 4 is 34.2 Å². The summed E-state index contributed by atoms with van der Waals surface area (Å²) in [5.74, 6) is 0.574. The smallest absolute Gasteiger partial charge is 0.257 e. The maximum atomic E-state index is 12.6. The van der Waals surface area contributed by atoms with Crippen molar-refractivity contribution in [1.29, 1.82) is 0 Å². The number of hydrogen-bond acceptors (Lipinski definition) is 9. The van der Waals surface area contributed by atoms with E-state index in [1.165, 1.54) is 11.1 Å². The van der Waals surface area contributed by atoms with Gasteiger partial charge < -0.3 is 25.2 Å². The van der Waals surface area contributed by atoms with Gasteiger partial charge in [0.15, 0.2) is 11.5 Å². The Bertz CT molecular complexity index is 1580. The summed E-state index contributed by atoms with van der Waals surface area (Å²) in [5.41, 5.74) is 4.75. The third kappa shape index (κ3) is 4.88. The molecule has 2 aliphatic heterocycles. The van der Waals surface area contributed by atoms with E-state index in [9.17, 15) is 9.90 Å². The van der Waals surface area contributed by atoms with Crippen LogP contribution in [0.25, 0.3) is 33.6 Å². The molecule has 0 aromatic carbocycles. The van der Waals surface area contributed by atoms with E-state index in [1.54, 1.807) is 26.5 Å². The highest BCUT2D eigenvalue weighted by atomic mass is 16.3. The number of nitrogens with one attached hydrogen (secondary N) is 3. The molecule has 12 heteroatoms. The number of allylic oxidation sites excluding steroid dienone is 1. The van der Waals surface area contributed by atoms with Crippen molar-refractivity contribution in [1.82, 2.24) is 45.2 Å². The average Bonchev–Trinajstić information content (AvgIpc) is 3.56. The molecule has 0 aliphatic carbocycles. The predicted octanol–water partition coefficient (Wildman–Crippen LogP) is 2.25. The van der Waals surface area contributed by atoms with Gasteiger partial charge in [0.05, 0.1) is 22.7 Å². The number of carbonyl (C=O) groups excluding carboxylic acids is 1. The van der Waals surface area contributed by atoms with Gasteiger partial charge >= 0.3 is 0 Å². The Morgan fingerprint density at radius 1 is 1.23 bits per heavy atom. The molecule has 39 heavy (non-hydrogen) atoms. The fraction of sp³-hybridized carbons (Fsp3) is 0.407. The van der Waals surface area contributed by atoms with Crippen LogP contribution in [0.5, 0.6) is 0 Å². The number of piperidine rings is 1. The predicted molar refractivity (Wildman–Crippen MR) is 148 cm³/mol. The van der Waals surface area contributed by atoms with E-state index in [-0.39, 0.29) is 17.7 Å². The molecule has 2 aliphatic rings. The summed E-state index contributed by atoms with van der Waals surface area (Å²) in [5, 5.41) is 22.4. The van der Waals surface area contributed by atoms with Gasteiger partial charge in [0.2, 0.25) is 0 Å². The highest BCUT2D eigenvalue weighted by molar-refractivity contribution is 6.05. The molecule has 1 saturated heterocycles. The molecule has 2 atom stereocenters. The third-order valence-electron chi connectivity index (χ3n) is 7.60. The fourth-order valence-electron chi connectivity index (χ4n) is 5.28. The van der Waals surface area contributed by atoms with Crippen LogP contribution in [0.4, 0.5) is 0 Å². The van der Waals surface area contributed by atoms with Crippen molar-refractivity contribution < 1.29 is 9.90 Å². The highest BCUT2D eigenvalue weighted by Crippen LogP contribution is 2.31. The normalized spacial score (nSPS) is 19.4. The van der Waals surface area contributed by atoms with Gasteiger partial charge in [-0.3, -0.25) is 19.9 Å². The standard InChI is InChI=1S/C27H32N10O2/c1-36(2)27(39)20-13-29-14-21-22(20)33-25(32-21)23-19-9-17(11-30-24(19)35-34-23)16-8-18(12-28-10-16)31-26(38)15-4-6-37(3)7-5-15/h9-16,26,31,38H,4-8H2,1-3H3,(H,32,33)(H,30,34,35). The quantitative estimate of drug-likeness (QED) is 0.278. The molecule has 0 saturated carbocycles. The first kappa shape index (κ1) is 25.1. The summed E-state index contributed by atoms with van der Waals surface area (Å²) in [6.07, 6.45) is 10.7. The molecular weight excluding hydrogens is 496 g/mol. The molecule has 202 valence electrons. The summed E-state index contributed by atoms with van der Waals surface area (Å²) in [6, 6.07) is 2.05. The van der Waals surface area contributed by atoms with E-state index in [4.69, 9.17) is 4.98 Å². The zero-order valence-electron chi connectivity index (χ0n) is 22.2. The Hall–Kier alpha value is -4.16. The molecule has 6 rings (SSSR count). The Balaban J connectivity index is 1.24. The molecule has 1 fully saturated rings. The summed E-state index contributed by atoms with van der Waals surface area (Å²) in [6.45, 7) is 1.99. The number of rotatable bonds is 6. The number of aromatic amines is 2. The van der Waals surface area contributed by atoms with Gasteiger partial charge in [-0.1, -0.05) is 0 Å². The van der Waals surface area contributed by atoms with Crippen molar-refractivity contribution in [3.63, 3.8) is 0 Å². The Labute approximate surface area is 225 Å². The van der Waals surface area contributed by atoms with Gasteiger partial charge in [-0.15, -0.1) is 0 Å². The van der Waals surface area contributed by atoms with Crippen LogP contribution in [0.15, 0.2) is 41.5 Å². The number of fused-ring (bicyclic) bond motifs is 2. The van der Waals surface area contributed by atoms with Crippen molar-refractivity contribution in [2.24, 2.45) is 10.9 Å². The molecule has 0 bridgehead atoms. The Morgan fingerprint density at radius 3 is 2.85 bits per heavy atom. The molecule has 4 aromatic heterocycles. The third-order valence-corrected chi connectivity index (χ3v) is 7.60. The first-order valence-electron chi connectivity index (χ1n) is 13.1. The minimum atomic E-state index is -0.591. The molecule has 12 nitrogen and oxygen atoms in total. The Morgan fingerprint density at radius 2 is 2.05 bits per heavy atom. The number of aliphatic hydroxyl groups excluding tert-OH is 1. The highest BCUT2D eigenvalue weighted by Gasteiger charge is 2.26. The molecular formula is C27H32N10O2. The number of pyridine rings is 2. The monoisotopic (exact) mass is 528 g/mol. The van der Waals surface area contributed by atoms with Crippen molar-refractivity contribution in [2.75, 3.05) is 34.2 Å². The van der Waals surface area contributed by atoms with E-state index >= 15 is 0 Å². The van der Waals surface area contributed by atoms with Gasteiger partial charge in [0, 0.05) is 62.9 Å². The van der Waals surface area contributed by atoms with Crippen molar-refractivity contribution in [3.8, 4) is 11.5 Å². The minimum absolute atomic E-state index is 0.00831. The summed E-state index contributed by atoms with van der Waals surface area (Å²) in [4.78, 5) is 37.7. The maximum Gasteiger partial charge on any atom is 0.257 e. The number of aliphatic hydroxyl groups is 1. The number of amides is 1. The van der Waals surface area contributed by atoms with Gasteiger partial charge in [0.1, 0.15) is 17.4 Å². The lowest BCUT2D eigenvalue weighted by molar-refractivity contribution is 0.0476. The number of H-pyrrole nitrogens is 2. The molecule has 4 aromatic rings. The fourth-order valence-corrected chi connectivity index (χ4v) is 5.28. The topological polar surface area (TPSA) is 151 Å². The van der Waals surface area contributed by atoms with E-state index in [0.29, 0.717) is 40.2 Å². The van der Waals surface area contributed by atoms with E-state index < -0.39 is 6.23 Å². The number of nitrogens with zero attached hydrogens (tertiary/aromatic N) is 7. The SMILES string of the molecule is CN1CCC(C(O)NC2=CN=CC(c3cnc4[nH]nc(-c5nc6c(C(=O)N(C)C)cncc6[nH]5)c4c3)C2)CC1. The molecule has 0 spiro atoms. The lowest BCUT2D eigenvalue weighted by atomic mass is 9.92. The van der Waals surface area contributed by atoms with E-state index in [2.05, 4.69) is 47.4 Å². The summed E-state index contributed by atoms with van der Waals surface area (Å²) < 4.78 is 0. The largest absolute Gasteiger partial charge is 0.374 e. The molecule has 4 N–H and O–H groups in total. The van der Waals surface area contributed by atoms with Crippen LogP contribution in [-0.2, 0) is 0 Å². The zero-order chi connectivity index (χ0) is 27.1. The van der Waals surface area contributed by atoms with Crippen LogP contribution in [0.2, 0.25) is 0 Å². The number of likely N-dealkylation sites (tertiary alicyclic amines) is 1. The summed E-state index contributed by atoms with van der Waals surface area (Å²) >= 11 is 0. The average molecular weight is 529 g/mol. The zero-order valence-corrected chi connectivity index (χ0v) is 22.2. The van der Waals surface area contributed by atoms with Gasteiger partial charge in [-0.05, 0) is 44.6 Å². The molecule has 2 unspecified atom stereocenters. The second kappa shape index (κ2) is 10.2. The van der Waals surface area contributed by atoms with Gasteiger partial charge in [-0.2, -0.15) is 5.10 Å². The van der Waals surface area contributed by atoms with Crippen LogP contribution in [0.1, 0.15) is 41.1 Å². The van der Waals surface area contributed by atoms with Crippen LogP contribution >= 0.6 is 0 Å². The van der Waals surface area contributed by atoms with Crippen LogP contribution in [0.3, 0.4) is 0 Å². The van der Waals surface area contributed by atoms with Crippen molar-refractivity contribution in [3.05, 3.63) is 47.7 Å². The number of carbonyl (C=O) groups is 1. The molecule has 1 amide bonds. The van der Waals surface area contributed by atoms with Gasteiger partial charge in [-0.25, -0.2) is 9.97 Å². The van der Waals surface area contributed by atoms with Gasteiger partial charge in [0.25, 0.3) is 5.91 Å². The minimum Gasteiger partial charge on any atom is -0.374 e. The van der Waals surface area contributed by atoms with Crippen molar-refractivity contribution in [2.45, 2.75) is 31.4 Å². The number of aromatic nitrogens is 6. The van der Waals surface area contributed by atoms with Crippen LogP contribution < -0.4 is 5.32 Å². The first-order chi connectivity index (χ1) is 18.9. The number of imidazole rings is 1. The summed E-state index contributed by atoms with van der Waals surface area (Å²) in [7, 11) is 5.51. The van der Waals surface area contributed by atoms with E-state index in [0.717, 1.165) is 42.6 Å². The number of aliphatic imine (C=N–C) groups is 1. The van der Waals surface area contributed by atoms with E-state index in [1.807, 2.05) is 18.5 Å². The lowest BCUT2D eigenvalue weighted by Gasteiger charge is -2.33. The first-order valence-corrected chi connectivity index (χ1v) is 13.1. The second-order valence-corrected chi connectivity index (χ2v) is 10.6. The van der Waals surface area contributed by atoms with Crippen LogP contribution in [-0.4, -0.2) is 97.6 Å².